The maximum atomic E-state index is 12.2. The van der Waals surface area contributed by atoms with Crippen molar-refractivity contribution < 1.29 is 4.79 Å². The van der Waals surface area contributed by atoms with Gasteiger partial charge in [-0.05, 0) is 50.9 Å². The molecule has 0 aliphatic carbocycles. The number of hydrogen-bond donors (Lipinski definition) is 2. The molecule has 1 aliphatic rings. The molecule has 1 aromatic rings. The highest BCUT2D eigenvalue weighted by molar-refractivity contribution is 6.33. The van der Waals surface area contributed by atoms with Crippen LogP contribution in [0.25, 0.3) is 0 Å². The second kappa shape index (κ2) is 5.72. The number of rotatable bonds is 2. The van der Waals surface area contributed by atoms with Crippen LogP contribution in [0.2, 0.25) is 5.02 Å². The molecule has 4 heteroatoms. The van der Waals surface area contributed by atoms with Gasteiger partial charge in [0.25, 0.3) is 0 Å². The number of carbonyl (C=O) groups is 1. The Hall–Kier alpha value is -1.06. The van der Waals surface area contributed by atoms with Gasteiger partial charge in [0.2, 0.25) is 5.91 Å². The highest BCUT2D eigenvalue weighted by Crippen LogP contribution is 2.25. The van der Waals surface area contributed by atoms with Crippen LogP contribution in [0.4, 0.5) is 5.69 Å². The lowest BCUT2D eigenvalue weighted by Crippen LogP contribution is -2.40. The summed E-state index contributed by atoms with van der Waals surface area (Å²) >= 11 is 6.08. The summed E-state index contributed by atoms with van der Waals surface area (Å²) in [6.45, 7) is 5.00. The first-order valence-corrected chi connectivity index (χ1v) is 6.74. The fourth-order valence-electron chi connectivity index (χ4n) is 2.34. The molecule has 3 nitrogen and oxygen atoms in total. The average molecular weight is 267 g/mol. The zero-order valence-corrected chi connectivity index (χ0v) is 11.6. The quantitative estimate of drug-likeness (QED) is 0.864. The van der Waals surface area contributed by atoms with E-state index in [0.717, 1.165) is 24.9 Å². The molecule has 1 saturated heterocycles. The summed E-state index contributed by atoms with van der Waals surface area (Å²) in [5.74, 6) is 0.161. The highest BCUT2D eigenvalue weighted by atomic mass is 35.5. The van der Waals surface area contributed by atoms with Crippen molar-refractivity contribution in [3.8, 4) is 0 Å². The Balaban J connectivity index is 2.04. The predicted molar refractivity (Wildman–Crippen MR) is 75.0 cm³/mol. The molecule has 0 spiro atoms. The van der Waals surface area contributed by atoms with Crippen LogP contribution in [-0.4, -0.2) is 18.5 Å². The Kier molecular flexibility index (Phi) is 4.25. The summed E-state index contributed by atoms with van der Waals surface area (Å²) in [5, 5.41) is 6.88. The van der Waals surface area contributed by atoms with E-state index in [1.165, 1.54) is 0 Å². The number of benzene rings is 1. The van der Waals surface area contributed by atoms with Crippen molar-refractivity contribution >= 4 is 23.2 Å². The van der Waals surface area contributed by atoms with Crippen molar-refractivity contribution in [2.45, 2.75) is 32.7 Å². The van der Waals surface area contributed by atoms with Gasteiger partial charge in [0, 0.05) is 12.0 Å². The molecule has 0 aromatic heterocycles. The topological polar surface area (TPSA) is 41.1 Å². The molecule has 1 aromatic carbocycles. The van der Waals surface area contributed by atoms with E-state index >= 15 is 0 Å². The Morgan fingerprint density at radius 3 is 3.00 bits per heavy atom. The number of amides is 1. The smallest absolute Gasteiger partial charge is 0.227 e. The van der Waals surface area contributed by atoms with E-state index in [-0.39, 0.29) is 11.8 Å². The van der Waals surface area contributed by atoms with Crippen molar-refractivity contribution in [2.24, 2.45) is 5.92 Å². The standard InChI is InChI=1S/C14H19ClN2O/c1-9-3-4-12(15)13(7-9)17-14(18)11-5-6-16-10(2)8-11/h3-4,7,10-11,16H,5-6,8H2,1-2H3,(H,17,18)/t10-,11-/m0/s1. The van der Waals surface area contributed by atoms with Crippen LogP contribution in [0, 0.1) is 12.8 Å². The third kappa shape index (κ3) is 3.24. The minimum absolute atomic E-state index is 0.0795. The highest BCUT2D eigenvalue weighted by Gasteiger charge is 2.25. The summed E-state index contributed by atoms with van der Waals surface area (Å²) in [4.78, 5) is 12.2. The number of aryl methyl sites for hydroxylation is 1. The number of carbonyl (C=O) groups excluding carboxylic acids is 1. The molecule has 1 aliphatic heterocycles. The first-order valence-electron chi connectivity index (χ1n) is 6.36. The van der Waals surface area contributed by atoms with Crippen LogP contribution in [-0.2, 0) is 4.79 Å². The van der Waals surface area contributed by atoms with Gasteiger partial charge >= 0.3 is 0 Å². The van der Waals surface area contributed by atoms with E-state index in [9.17, 15) is 4.79 Å². The fourth-order valence-corrected chi connectivity index (χ4v) is 2.50. The number of nitrogens with one attached hydrogen (secondary N) is 2. The average Bonchev–Trinajstić information content (AvgIpc) is 2.34. The summed E-state index contributed by atoms with van der Waals surface area (Å²) in [6, 6.07) is 6.06. The van der Waals surface area contributed by atoms with Crippen molar-refractivity contribution in [3.63, 3.8) is 0 Å². The lowest BCUT2D eigenvalue weighted by Gasteiger charge is -2.27. The summed E-state index contributed by atoms with van der Waals surface area (Å²) in [6.07, 6.45) is 1.77. The first-order chi connectivity index (χ1) is 8.56. The van der Waals surface area contributed by atoms with Gasteiger partial charge in [-0.3, -0.25) is 4.79 Å². The molecule has 18 heavy (non-hydrogen) atoms. The van der Waals surface area contributed by atoms with Gasteiger partial charge in [-0.15, -0.1) is 0 Å². The van der Waals surface area contributed by atoms with E-state index in [1.54, 1.807) is 0 Å². The Morgan fingerprint density at radius 1 is 1.50 bits per heavy atom. The molecule has 0 unspecified atom stereocenters. The lowest BCUT2D eigenvalue weighted by molar-refractivity contribution is -0.120. The van der Waals surface area contributed by atoms with Crippen molar-refractivity contribution in [1.82, 2.24) is 5.32 Å². The largest absolute Gasteiger partial charge is 0.325 e. The summed E-state index contributed by atoms with van der Waals surface area (Å²) < 4.78 is 0. The fraction of sp³-hybridized carbons (Fsp3) is 0.500. The number of halogens is 1. The number of anilines is 1. The molecule has 1 heterocycles. The van der Waals surface area contributed by atoms with Crippen LogP contribution in [0.3, 0.4) is 0 Å². The SMILES string of the molecule is Cc1ccc(Cl)c(NC(=O)[C@H]2CCN[C@@H](C)C2)c1. The predicted octanol–water partition coefficient (Wildman–Crippen LogP) is 2.98. The maximum Gasteiger partial charge on any atom is 0.227 e. The molecule has 2 N–H and O–H groups in total. The van der Waals surface area contributed by atoms with Gasteiger partial charge in [-0.25, -0.2) is 0 Å². The zero-order chi connectivity index (χ0) is 13.1. The third-order valence-corrected chi connectivity index (χ3v) is 3.70. The molecule has 0 saturated carbocycles. The minimum atomic E-state index is 0.0795. The molecule has 2 rings (SSSR count). The van der Waals surface area contributed by atoms with Crippen molar-refractivity contribution in [2.75, 3.05) is 11.9 Å². The summed E-state index contributed by atoms with van der Waals surface area (Å²) in [5.41, 5.74) is 1.81. The van der Waals surface area contributed by atoms with Gasteiger partial charge in [-0.2, -0.15) is 0 Å². The molecule has 1 amide bonds. The van der Waals surface area contributed by atoms with Crippen LogP contribution < -0.4 is 10.6 Å². The van der Waals surface area contributed by atoms with Crippen LogP contribution in [0.5, 0.6) is 0 Å². The first kappa shape index (κ1) is 13.4. The minimum Gasteiger partial charge on any atom is -0.325 e. The molecule has 0 bridgehead atoms. The Morgan fingerprint density at radius 2 is 2.28 bits per heavy atom. The maximum absolute atomic E-state index is 12.2. The van der Waals surface area contributed by atoms with Gasteiger partial charge < -0.3 is 10.6 Å². The molecular formula is C14H19ClN2O. The second-order valence-corrected chi connectivity index (χ2v) is 5.46. The zero-order valence-electron chi connectivity index (χ0n) is 10.8. The second-order valence-electron chi connectivity index (χ2n) is 5.05. The molecule has 2 atom stereocenters. The number of hydrogen-bond acceptors (Lipinski definition) is 2. The van der Waals surface area contributed by atoms with Gasteiger partial charge in [-0.1, -0.05) is 17.7 Å². The van der Waals surface area contributed by atoms with E-state index < -0.39 is 0 Å². The monoisotopic (exact) mass is 266 g/mol. The van der Waals surface area contributed by atoms with Gasteiger partial charge in [0.05, 0.1) is 10.7 Å². The Bertz CT molecular complexity index is 447. The Labute approximate surface area is 113 Å². The molecule has 0 radical (unpaired) electrons. The van der Waals surface area contributed by atoms with Crippen LogP contribution in [0.15, 0.2) is 18.2 Å². The van der Waals surface area contributed by atoms with Gasteiger partial charge in [0.15, 0.2) is 0 Å². The van der Waals surface area contributed by atoms with E-state index in [2.05, 4.69) is 17.6 Å². The lowest BCUT2D eigenvalue weighted by atomic mass is 9.92. The van der Waals surface area contributed by atoms with E-state index in [4.69, 9.17) is 11.6 Å². The third-order valence-electron chi connectivity index (χ3n) is 3.37. The van der Waals surface area contributed by atoms with Crippen molar-refractivity contribution in [3.05, 3.63) is 28.8 Å². The van der Waals surface area contributed by atoms with Crippen LogP contribution >= 0.6 is 11.6 Å². The van der Waals surface area contributed by atoms with E-state index in [0.29, 0.717) is 16.8 Å². The van der Waals surface area contributed by atoms with E-state index in [1.807, 2.05) is 25.1 Å². The molecule has 1 fully saturated rings. The normalized spacial score (nSPS) is 23.7. The van der Waals surface area contributed by atoms with Gasteiger partial charge in [0.1, 0.15) is 0 Å². The summed E-state index contributed by atoms with van der Waals surface area (Å²) in [7, 11) is 0. The molecule has 98 valence electrons. The van der Waals surface area contributed by atoms with Crippen LogP contribution in [0.1, 0.15) is 25.3 Å². The van der Waals surface area contributed by atoms with Crippen molar-refractivity contribution in [1.29, 1.82) is 0 Å². The molecular weight excluding hydrogens is 248 g/mol. The number of piperidine rings is 1.